The molecule has 0 fully saturated rings. The number of anilines is 1. The number of benzene rings is 2. The third-order valence-corrected chi connectivity index (χ3v) is 4.23. The second-order valence-corrected chi connectivity index (χ2v) is 5.82. The zero-order valence-corrected chi connectivity index (χ0v) is 14.6. The minimum Gasteiger partial charge on any atom is -0.497 e. The molecule has 0 aliphatic heterocycles. The molecule has 0 radical (unpaired) electrons. The van der Waals surface area contributed by atoms with E-state index in [1.165, 1.54) is 0 Å². The van der Waals surface area contributed by atoms with Crippen molar-refractivity contribution in [1.29, 1.82) is 0 Å². The van der Waals surface area contributed by atoms with Crippen molar-refractivity contribution >= 4 is 16.7 Å². The predicted octanol–water partition coefficient (Wildman–Crippen LogP) is 4.41. The van der Waals surface area contributed by atoms with Crippen LogP contribution < -0.4 is 10.1 Å². The summed E-state index contributed by atoms with van der Waals surface area (Å²) >= 11 is 0. The molecule has 26 heavy (non-hydrogen) atoms. The van der Waals surface area contributed by atoms with E-state index in [0.717, 1.165) is 39.3 Å². The number of ether oxygens (including phenoxy) is 1. The van der Waals surface area contributed by atoms with Crippen LogP contribution in [0.15, 0.2) is 66.9 Å². The molecule has 2 heterocycles. The number of hydrogen-bond acceptors (Lipinski definition) is 5. The highest BCUT2D eigenvalue weighted by Gasteiger charge is 2.11. The molecule has 1 N–H and O–H groups in total. The molecule has 0 amide bonds. The number of nitrogens with zero attached hydrogens (tertiary/aromatic N) is 3. The topological polar surface area (TPSA) is 59.9 Å². The second kappa shape index (κ2) is 6.80. The van der Waals surface area contributed by atoms with E-state index in [9.17, 15) is 0 Å². The molecule has 0 saturated carbocycles. The maximum Gasteiger partial charge on any atom is 0.180 e. The number of aromatic nitrogens is 3. The van der Waals surface area contributed by atoms with E-state index in [1.807, 2.05) is 49.5 Å². The maximum atomic E-state index is 5.33. The van der Waals surface area contributed by atoms with Gasteiger partial charge in [-0.15, -0.1) is 0 Å². The standard InChI is InChI=1S/C21H18N4O/c1-22-20-17-13-15(14-6-5-7-16(12-14)26-2)9-10-18(17)24-21(25-20)19-8-3-4-11-23-19/h3-13H,1-2H3,(H,22,24,25). The Morgan fingerprint density at radius 3 is 2.54 bits per heavy atom. The van der Waals surface area contributed by atoms with Crippen LogP contribution in [0.1, 0.15) is 0 Å². The van der Waals surface area contributed by atoms with Gasteiger partial charge in [0, 0.05) is 18.6 Å². The van der Waals surface area contributed by atoms with Gasteiger partial charge in [-0.2, -0.15) is 0 Å². The molecule has 0 aliphatic carbocycles. The normalized spacial score (nSPS) is 10.7. The number of nitrogens with one attached hydrogen (secondary N) is 1. The summed E-state index contributed by atoms with van der Waals surface area (Å²) in [5.41, 5.74) is 3.80. The smallest absolute Gasteiger partial charge is 0.180 e. The van der Waals surface area contributed by atoms with Gasteiger partial charge in [0.05, 0.1) is 12.6 Å². The van der Waals surface area contributed by atoms with E-state index >= 15 is 0 Å². The highest BCUT2D eigenvalue weighted by atomic mass is 16.5. The summed E-state index contributed by atoms with van der Waals surface area (Å²) in [7, 11) is 3.54. The molecule has 5 heteroatoms. The van der Waals surface area contributed by atoms with E-state index < -0.39 is 0 Å². The Hall–Kier alpha value is -3.47. The molecule has 0 spiro atoms. The lowest BCUT2D eigenvalue weighted by atomic mass is 10.0. The van der Waals surface area contributed by atoms with Crippen LogP contribution in [0.2, 0.25) is 0 Å². The predicted molar refractivity (Wildman–Crippen MR) is 104 cm³/mol. The number of fused-ring (bicyclic) bond motifs is 1. The fraction of sp³-hybridized carbons (Fsp3) is 0.0952. The van der Waals surface area contributed by atoms with Gasteiger partial charge < -0.3 is 10.1 Å². The van der Waals surface area contributed by atoms with Crippen LogP contribution in [0.25, 0.3) is 33.5 Å². The van der Waals surface area contributed by atoms with Crippen LogP contribution in [0.3, 0.4) is 0 Å². The zero-order chi connectivity index (χ0) is 17.9. The molecule has 0 bridgehead atoms. The Morgan fingerprint density at radius 1 is 0.885 bits per heavy atom. The quantitative estimate of drug-likeness (QED) is 0.595. The van der Waals surface area contributed by atoms with E-state index in [0.29, 0.717) is 5.82 Å². The SMILES string of the molecule is CNc1nc(-c2ccccn2)nc2ccc(-c3cccc(OC)c3)cc12. The average molecular weight is 342 g/mol. The highest BCUT2D eigenvalue weighted by molar-refractivity contribution is 5.93. The molecule has 0 saturated heterocycles. The summed E-state index contributed by atoms with van der Waals surface area (Å²) in [5.74, 6) is 2.22. The molecule has 0 atom stereocenters. The van der Waals surface area contributed by atoms with Crippen LogP contribution in [0.4, 0.5) is 5.82 Å². The first kappa shape index (κ1) is 16.0. The number of methoxy groups -OCH3 is 1. The summed E-state index contributed by atoms with van der Waals surface area (Å²) in [5, 5.41) is 4.14. The van der Waals surface area contributed by atoms with Gasteiger partial charge in [0.25, 0.3) is 0 Å². The van der Waals surface area contributed by atoms with Gasteiger partial charge in [0.1, 0.15) is 17.3 Å². The summed E-state index contributed by atoms with van der Waals surface area (Å²) in [6.07, 6.45) is 1.74. The summed E-state index contributed by atoms with van der Waals surface area (Å²) < 4.78 is 5.33. The van der Waals surface area contributed by atoms with Crippen LogP contribution in [-0.4, -0.2) is 29.1 Å². The van der Waals surface area contributed by atoms with Crippen molar-refractivity contribution in [2.45, 2.75) is 0 Å². The van der Waals surface area contributed by atoms with Crippen molar-refractivity contribution in [1.82, 2.24) is 15.0 Å². The van der Waals surface area contributed by atoms with Gasteiger partial charge in [0.2, 0.25) is 0 Å². The van der Waals surface area contributed by atoms with E-state index in [1.54, 1.807) is 13.3 Å². The Morgan fingerprint density at radius 2 is 1.77 bits per heavy atom. The number of pyridine rings is 1. The minimum atomic E-state index is 0.608. The second-order valence-electron chi connectivity index (χ2n) is 5.82. The maximum absolute atomic E-state index is 5.33. The molecule has 2 aromatic heterocycles. The summed E-state index contributed by atoms with van der Waals surface area (Å²) in [6.45, 7) is 0. The van der Waals surface area contributed by atoms with Gasteiger partial charge in [-0.1, -0.05) is 24.3 Å². The number of hydrogen-bond donors (Lipinski definition) is 1. The van der Waals surface area contributed by atoms with Crippen LogP contribution in [-0.2, 0) is 0 Å². The van der Waals surface area contributed by atoms with Crippen LogP contribution in [0.5, 0.6) is 5.75 Å². The summed E-state index contributed by atoms with van der Waals surface area (Å²) in [4.78, 5) is 13.7. The van der Waals surface area contributed by atoms with Crippen molar-refractivity contribution in [3.05, 3.63) is 66.9 Å². The van der Waals surface area contributed by atoms with E-state index in [2.05, 4.69) is 38.5 Å². The van der Waals surface area contributed by atoms with Gasteiger partial charge in [0.15, 0.2) is 5.82 Å². The average Bonchev–Trinajstić information content (AvgIpc) is 2.73. The monoisotopic (exact) mass is 342 g/mol. The molecule has 2 aromatic carbocycles. The third-order valence-electron chi connectivity index (χ3n) is 4.23. The zero-order valence-electron chi connectivity index (χ0n) is 14.6. The third kappa shape index (κ3) is 2.95. The highest BCUT2D eigenvalue weighted by Crippen LogP contribution is 2.30. The molecule has 5 nitrogen and oxygen atoms in total. The van der Waals surface area contributed by atoms with E-state index in [-0.39, 0.29) is 0 Å². The molecule has 0 aliphatic rings. The molecule has 4 rings (SSSR count). The Kier molecular flexibility index (Phi) is 4.19. The first-order valence-electron chi connectivity index (χ1n) is 8.34. The lowest BCUT2D eigenvalue weighted by molar-refractivity contribution is 0.415. The molecule has 4 aromatic rings. The van der Waals surface area contributed by atoms with Gasteiger partial charge in [-0.25, -0.2) is 9.97 Å². The Balaban J connectivity index is 1.86. The molecule has 128 valence electrons. The fourth-order valence-corrected chi connectivity index (χ4v) is 2.91. The van der Waals surface area contributed by atoms with Crippen molar-refractivity contribution in [3.63, 3.8) is 0 Å². The molecular weight excluding hydrogens is 324 g/mol. The van der Waals surface area contributed by atoms with Gasteiger partial charge in [-0.05, 0) is 47.5 Å². The Bertz CT molecular complexity index is 1060. The van der Waals surface area contributed by atoms with Gasteiger partial charge >= 0.3 is 0 Å². The van der Waals surface area contributed by atoms with Crippen LogP contribution >= 0.6 is 0 Å². The molecule has 0 unspecified atom stereocenters. The molecular formula is C21H18N4O. The van der Waals surface area contributed by atoms with Gasteiger partial charge in [-0.3, -0.25) is 4.98 Å². The first-order chi connectivity index (χ1) is 12.8. The van der Waals surface area contributed by atoms with E-state index in [4.69, 9.17) is 4.74 Å². The van der Waals surface area contributed by atoms with Crippen molar-refractivity contribution in [2.24, 2.45) is 0 Å². The fourth-order valence-electron chi connectivity index (χ4n) is 2.91. The minimum absolute atomic E-state index is 0.608. The Labute approximate surface area is 151 Å². The first-order valence-corrected chi connectivity index (χ1v) is 8.34. The summed E-state index contributed by atoms with van der Waals surface area (Å²) in [6, 6.07) is 19.9. The van der Waals surface area contributed by atoms with Crippen molar-refractivity contribution < 1.29 is 4.74 Å². The van der Waals surface area contributed by atoms with Crippen molar-refractivity contribution in [3.8, 4) is 28.4 Å². The van der Waals surface area contributed by atoms with Crippen LogP contribution in [0, 0.1) is 0 Å². The van der Waals surface area contributed by atoms with Crippen molar-refractivity contribution in [2.75, 3.05) is 19.5 Å². The lowest BCUT2D eigenvalue weighted by Crippen LogP contribution is -1.99. The number of rotatable bonds is 4. The lowest BCUT2D eigenvalue weighted by Gasteiger charge is -2.10. The largest absolute Gasteiger partial charge is 0.497 e.